The maximum atomic E-state index is 13.8. The van der Waals surface area contributed by atoms with Gasteiger partial charge in [0.15, 0.2) is 27.3 Å². The minimum Gasteiger partial charge on any atom is -0.507 e. The Bertz CT molecular complexity index is 1820. The van der Waals surface area contributed by atoms with Crippen LogP contribution in [-0.2, 0) is 15.3 Å². The van der Waals surface area contributed by atoms with Gasteiger partial charge in [-0.25, -0.2) is 0 Å². The molecule has 2 aliphatic rings. The van der Waals surface area contributed by atoms with Crippen molar-refractivity contribution in [3.63, 3.8) is 0 Å². The lowest BCUT2D eigenvalue weighted by Gasteiger charge is -2.24. The Kier molecular flexibility index (Phi) is 10.5. The molecule has 3 aromatic carbocycles. The summed E-state index contributed by atoms with van der Waals surface area (Å²) >= 11 is 2.71. The van der Waals surface area contributed by atoms with Gasteiger partial charge in [0.05, 0.1) is 24.8 Å². The highest BCUT2D eigenvalue weighted by Gasteiger charge is 2.48. The van der Waals surface area contributed by atoms with Gasteiger partial charge in [-0.2, -0.15) is 0 Å². The predicted octanol–water partition coefficient (Wildman–Crippen LogP) is 7.50. The molecule has 0 saturated carbocycles. The van der Waals surface area contributed by atoms with Crippen LogP contribution in [0.3, 0.4) is 0 Å². The molecule has 0 bridgehead atoms. The molecule has 1 amide bonds. The molecule has 0 unspecified atom stereocenters. The van der Waals surface area contributed by atoms with E-state index in [0.29, 0.717) is 70.6 Å². The number of ketones is 1. The maximum absolute atomic E-state index is 13.8. The van der Waals surface area contributed by atoms with E-state index < -0.39 is 17.7 Å². The molecule has 10 nitrogen and oxygen atoms in total. The monoisotopic (exact) mass is 687 g/mol. The number of hydrogen-bond donors (Lipinski definition) is 1. The summed E-state index contributed by atoms with van der Waals surface area (Å²) < 4.78 is 24.0. The van der Waals surface area contributed by atoms with Crippen LogP contribution in [0.1, 0.15) is 61.4 Å². The zero-order valence-electron chi connectivity index (χ0n) is 27.1. The summed E-state index contributed by atoms with van der Waals surface area (Å²) in [5.41, 5.74) is 3.08. The fraction of sp³-hybridized carbons (Fsp3) is 0.333. The van der Waals surface area contributed by atoms with E-state index >= 15 is 0 Å². The fourth-order valence-corrected chi connectivity index (χ4v) is 7.32. The van der Waals surface area contributed by atoms with E-state index in [-0.39, 0.29) is 16.5 Å². The van der Waals surface area contributed by atoms with Crippen LogP contribution in [0.25, 0.3) is 5.76 Å². The van der Waals surface area contributed by atoms with Crippen molar-refractivity contribution < 1.29 is 33.6 Å². The maximum Gasteiger partial charge on any atom is 0.301 e. The number of aliphatic hydroxyl groups is 1. The number of aliphatic hydroxyl groups excluding tert-OH is 1. The van der Waals surface area contributed by atoms with Crippen LogP contribution >= 0.6 is 23.1 Å². The Balaban J connectivity index is 1.40. The number of ether oxygens (including phenoxy) is 4. The number of aromatic nitrogens is 2. The van der Waals surface area contributed by atoms with E-state index in [9.17, 15) is 14.7 Å². The fourth-order valence-electron chi connectivity index (χ4n) is 5.50. The van der Waals surface area contributed by atoms with Crippen molar-refractivity contribution in [1.82, 2.24) is 10.2 Å². The van der Waals surface area contributed by atoms with Crippen LogP contribution in [0.4, 0.5) is 5.13 Å². The number of thioether (sulfide) groups is 1. The number of unbranched alkanes of at least 4 members (excludes halogenated alkanes) is 2. The summed E-state index contributed by atoms with van der Waals surface area (Å²) in [4.78, 5) is 29.0. The molecule has 2 aliphatic heterocycles. The Morgan fingerprint density at radius 2 is 1.75 bits per heavy atom. The third-order valence-electron chi connectivity index (χ3n) is 7.93. The molecule has 1 N–H and O–H groups in total. The largest absolute Gasteiger partial charge is 0.507 e. The number of Topliss-reactive ketones (excluding diaryl/α,β-unsaturated/α-hetero) is 1. The van der Waals surface area contributed by atoms with Crippen LogP contribution in [0.15, 0.2) is 70.6 Å². The molecule has 0 spiro atoms. The van der Waals surface area contributed by atoms with Gasteiger partial charge in [-0.3, -0.25) is 14.5 Å². The topological polar surface area (TPSA) is 120 Å². The summed E-state index contributed by atoms with van der Waals surface area (Å²) in [6.07, 6.45) is 3.02. The number of anilines is 1. The molecular formula is C36H37N3O7S2. The summed E-state index contributed by atoms with van der Waals surface area (Å²) in [5.74, 6) is 0.688. The lowest BCUT2D eigenvalue weighted by molar-refractivity contribution is -0.132. The third-order valence-corrected chi connectivity index (χ3v) is 10.1. The van der Waals surface area contributed by atoms with Gasteiger partial charge in [0.2, 0.25) is 5.13 Å². The van der Waals surface area contributed by atoms with Crippen molar-refractivity contribution in [1.29, 1.82) is 0 Å². The highest BCUT2D eigenvalue weighted by atomic mass is 32.2. The number of aryl methyl sites for hydroxylation is 1. The average molecular weight is 688 g/mol. The molecule has 4 aromatic rings. The van der Waals surface area contributed by atoms with Crippen molar-refractivity contribution in [2.45, 2.75) is 56.2 Å². The zero-order chi connectivity index (χ0) is 33.6. The quantitative estimate of drug-likeness (QED) is 0.0378. The normalized spacial score (nSPS) is 16.7. The summed E-state index contributed by atoms with van der Waals surface area (Å²) in [5, 5.41) is 20.7. The van der Waals surface area contributed by atoms with E-state index in [0.717, 1.165) is 24.8 Å². The van der Waals surface area contributed by atoms with Gasteiger partial charge < -0.3 is 24.1 Å². The van der Waals surface area contributed by atoms with E-state index in [1.165, 1.54) is 33.6 Å². The standard InChI is InChI=1S/C36H37N3O7S2/c1-4-6-7-16-44-26-14-12-24(19-28(26)43-5-2)31-30(32(40)25-13-15-27-29(20-25)46-18-17-45-27)33(41)34(42)39(31)35-37-38-36(48-35)47-21-23-10-8-22(3)9-11-23/h8-15,19-20,31,40H,4-7,16-18,21H2,1-3H3/b32-30+/t31-/m1/s1. The second-order valence-corrected chi connectivity index (χ2v) is 13.5. The van der Waals surface area contributed by atoms with Crippen molar-refractivity contribution >= 4 is 45.7 Å². The van der Waals surface area contributed by atoms with Crippen LogP contribution in [0, 0.1) is 6.92 Å². The highest BCUT2D eigenvalue weighted by Crippen LogP contribution is 2.46. The van der Waals surface area contributed by atoms with E-state index in [4.69, 9.17) is 18.9 Å². The number of hydrogen-bond acceptors (Lipinski definition) is 11. The highest BCUT2D eigenvalue weighted by molar-refractivity contribution is 8.00. The van der Waals surface area contributed by atoms with Gasteiger partial charge in [0, 0.05) is 11.3 Å². The smallest absolute Gasteiger partial charge is 0.301 e. The number of nitrogens with zero attached hydrogens (tertiary/aromatic N) is 3. The summed E-state index contributed by atoms with van der Waals surface area (Å²) in [6, 6.07) is 17.5. The van der Waals surface area contributed by atoms with Gasteiger partial charge in [0.1, 0.15) is 19.0 Å². The number of fused-ring (bicyclic) bond motifs is 1. The lowest BCUT2D eigenvalue weighted by Crippen LogP contribution is -2.29. The van der Waals surface area contributed by atoms with Gasteiger partial charge in [-0.1, -0.05) is 78.8 Å². The number of carbonyl (C=O) groups is 2. The van der Waals surface area contributed by atoms with E-state index in [2.05, 4.69) is 41.4 Å². The van der Waals surface area contributed by atoms with Crippen molar-refractivity contribution in [2.75, 3.05) is 31.3 Å². The van der Waals surface area contributed by atoms with Gasteiger partial charge in [0.25, 0.3) is 5.78 Å². The molecule has 1 atom stereocenters. The van der Waals surface area contributed by atoms with Crippen molar-refractivity contribution in [3.8, 4) is 23.0 Å². The van der Waals surface area contributed by atoms with Crippen molar-refractivity contribution in [2.24, 2.45) is 0 Å². The van der Waals surface area contributed by atoms with Crippen molar-refractivity contribution in [3.05, 3.63) is 88.5 Å². The first-order chi connectivity index (χ1) is 23.4. The molecule has 250 valence electrons. The van der Waals surface area contributed by atoms with Gasteiger partial charge in [-0.15, -0.1) is 10.2 Å². The molecule has 3 heterocycles. The second-order valence-electron chi connectivity index (χ2n) is 11.3. The molecule has 0 aliphatic carbocycles. The lowest BCUT2D eigenvalue weighted by atomic mass is 9.95. The van der Waals surface area contributed by atoms with Gasteiger partial charge in [-0.05, 0) is 61.7 Å². The SMILES string of the molecule is CCCCCOc1ccc([C@@H]2/C(=C(\O)c3ccc4c(c3)OCCO4)C(=O)C(=O)N2c2nnc(SCc3ccc(C)cc3)s2)cc1OCC. The van der Waals surface area contributed by atoms with Crippen LogP contribution in [0.2, 0.25) is 0 Å². The Hall–Kier alpha value is -4.55. The minimum absolute atomic E-state index is 0.0835. The molecule has 1 saturated heterocycles. The molecular weight excluding hydrogens is 651 g/mol. The molecule has 48 heavy (non-hydrogen) atoms. The summed E-state index contributed by atoms with van der Waals surface area (Å²) in [6.45, 7) is 7.73. The third kappa shape index (κ3) is 7.14. The zero-order valence-corrected chi connectivity index (χ0v) is 28.7. The van der Waals surface area contributed by atoms with Crippen LogP contribution in [0.5, 0.6) is 23.0 Å². The Morgan fingerprint density at radius 3 is 2.52 bits per heavy atom. The first-order valence-electron chi connectivity index (χ1n) is 16.0. The van der Waals surface area contributed by atoms with Crippen LogP contribution in [-0.4, -0.2) is 53.4 Å². The Morgan fingerprint density at radius 1 is 0.958 bits per heavy atom. The Labute approximate surface area is 287 Å². The van der Waals surface area contributed by atoms with E-state index in [1.54, 1.807) is 36.4 Å². The first-order valence-corrected chi connectivity index (χ1v) is 17.8. The molecule has 1 aromatic heterocycles. The molecule has 1 fully saturated rings. The number of amides is 1. The predicted molar refractivity (Wildman–Crippen MR) is 185 cm³/mol. The van der Waals surface area contributed by atoms with E-state index in [1.807, 2.05) is 13.8 Å². The van der Waals surface area contributed by atoms with Gasteiger partial charge >= 0.3 is 5.91 Å². The second kappa shape index (κ2) is 15.1. The van der Waals surface area contributed by atoms with Crippen LogP contribution < -0.4 is 23.8 Å². The number of benzene rings is 3. The first kappa shape index (κ1) is 33.4. The summed E-state index contributed by atoms with van der Waals surface area (Å²) in [7, 11) is 0. The minimum atomic E-state index is -1.02. The molecule has 6 rings (SSSR count). The number of rotatable bonds is 13. The average Bonchev–Trinajstić information content (AvgIpc) is 3.68. The molecule has 0 radical (unpaired) electrons. The molecule has 12 heteroatoms. The number of carbonyl (C=O) groups excluding carboxylic acids is 2.